The number of rotatable bonds is 5. The Kier molecular flexibility index (Phi) is 6.46. The zero-order chi connectivity index (χ0) is 20.1. The van der Waals surface area contributed by atoms with Gasteiger partial charge in [-0.25, -0.2) is 0 Å². The van der Waals surface area contributed by atoms with Crippen LogP contribution in [0.15, 0.2) is 48.5 Å². The van der Waals surface area contributed by atoms with Crippen LogP contribution >= 0.6 is 11.6 Å². The van der Waals surface area contributed by atoms with Crippen molar-refractivity contribution in [1.82, 2.24) is 0 Å². The van der Waals surface area contributed by atoms with E-state index in [4.69, 9.17) is 11.6 Å². The third-order valence-corrected chi connectivity index (χ3v) is 5.06. The largest absolute Gasteiger partial charge is 0.416 e. The molecule has 0 radical (unpaired) electrons. The Morgan fingerprint density at radius 3 is 2.50 bits per heavy atom. The SMILES string of the molecule is O=C(CC[NH+]1CCN(c2cccc(Cl)c2)CC1)Nc1cccc(C(F)(F)F)c1. The van der Waals surface area contributed by atoms with Gasteiger partial charge in [0, 0.05) is 16.4 Å². The summed E-state index contributed by atoms with van der Waals surface area (Å²) in [5.74, 6) is -0.274. The maximum Gasteiger partial charge on any atom is 0.416 e. The van der Waals surface area contributed by atoms with Crippen molar-refractivity contribution in [2.24, 2.45) is 0 Å². The lowest BCUT2D eigenvalue weighted by molar-refractivity contribution is -0.900. The molecule has 0 aromatic heterocycles. The van der Waals surface area contributed by atoms with Crippen LogP contribution in [0.25, 0.3) is 0 Å². The Labute approximate surface area is 166 Å². The van der Waals surface area contributed by atoms with Gasteiger partial charge < -0.3 is 15.1 Å². The summed E-state index contributed by atoms with van der Waals surface area (Å²) in [7, 11) is 0. The Morgan fingerprint density at radius 2 is 1.82 bits per heavy atom. The fourth-order valence-electron chi connectivity index (χ4n) is 3.29. The van der Waals surface area contributed by atoms with Crippen LogP contribution in [0, 0.1) is 0 Å². The maximum atomic E-state index is 12.7. The highest BCUT2D eigenvalue weighted by atomic mass is 35.5. The molecule has 0 bridgehead atoms. The first-order chi connectivity index (χ1) is 13.3. The number of amides is 1. The Hall–Kier alpha value is -2.25. The molecule has 1 fully saturated rings. The Balaban J connectivity index is 1.45. The molecule has 1 amide bonds. The molecule has 28 heavy (non-hydrogen) atoms. The molecule has 0 spiro atoms. The lowest BCUT2D eigenvalue weighted by Gasteiger charge is -2.33. The second-order valence-corrected chi connectivity index (χ2v) is 7.28. The van der Waals surface area contributed by atoms with Crippen LogP contribution in [-0.2, 0) is 11.0 Å². The molecule has 0 unspecified atom stereocenters. The first-order valence-electron chi connectivity index (χ1n) is 9.12. The third-order valence-electron chi connectivity index (χ3n) is 4.82. The molecule has 3 rings (SSSR count). The quantitative estimate of drug-likeness (QED) is 0.792. The standard InChI is InChI=1S/C20H21ClF3N3O/c21-16-4-2-6-18(14-16)27-11-9-26(10-12-27)8-7-19(28)25-17-5-1-3-15(13-17)20(22,23)24/h1-6,13-14H,7-12H2,(H,25,28)/p+1. The molecule has 1 aliphatic heterocycles. The van der Waals surface area contributed by atoms with Crippen molar-refractivity contribution in [3.63, 3.8) is 0 Å². The van der Waals surface area contributed by atoms with E-state index in [0.29, 0.717) is 11.6 Å². The molecule has 1 heterocycles. The van der Waals surface area contributed by atoms with Gasteiger partial charge in [-0.15, -0.1) is 0 Å². The first-order valence-corrected chi connectivity index (χ1v) is 9.50. The van der Waals surface area contributed by atoms with Crippen LogP contribution in [0.4, 0.5) is 24.5 Å². The molecule has 4 nitrogen and oxygen atoms in total. The van der Waals surface area contributed by atoms with Gasteiger partial charge in [0.15, 0.2) is 0 Å². The van der Waals surface area contributed by atoms with Crippen molar-refractivity contribution in [2.45, 2.75) is 12.6 Å². The van der Waals surface area contributed by atoms with Gasteiger partial charge in [-0.1, -0.05) is 23.7 Å². The number of benzene rings is 2. The van der Waals surface area contributed by atoms with Crippen molar-refractivity contribution < 1.29 is 22.9 Å². The molecule has 1 aliphatic rings. The lowest BCUT2D eigenvalue weighted by atomic mass is 10.2. The van der Waals surface area contributed by atoms with Crippen LogP contribution in [0.3, 0.4) is 0 Å². The van der Waals surface area contributed by atoms with Crippen molar-refractivity contribution >= 4 is 28.9 Å². The summed E-state index contributed by atoms with van der Waals surface area (Å²) in [6.45, 7) is 4.16. The topological polar surface area (TPSA) is 36.8 Å². The van der Waals surface area contributed by atoms with Crippen molar-refractivity contribution in [3.8, 4) is 0 Å². The van der Waals surface area contributed by atoms with E-state index in [0.717, 1.165) is 44.0 Å². The highest BCUT2D eigenvalue weighted by molar-refractivity contribution is 6.30. The molecule has 150 valence electrons. The molecule has 2 N–H and O–H groups in total. The van der Waals surface area contributed by atoms with E-state index in [1.165, 1.54) is 17.0 Å². The van der Waals surface area contributed by atoms with Crippen LogP contribution in [0.2, 0.25) is 5.02 Å². The van der Waals surface area contributed by atoms with E-state index in [2.05, 4.69) is 10.2 Å². The average Bonchev–Trinajstić information content (AvgIpc) is 2.66. The monoisotopic (exact) mass is 412 g/mol. The fraction of sp³-hybridized carbons (Fsp3) is 0.350. The molecule has 0 saturated carbocycles. The van der Waals surface area contributed by atoms with E-state index in [1.54, 1.807) is 0 Å². The molecule has 2 aromatic rings. The van der Waals surface area contributed by atoms with E-state index < -0.39 is 11.7 Å². The predicted octanol–water partition coefficient (Wildman–Crippen LogP) is 3.09. The van der Waals surface area contributed by atoms with Gasteiger partial charge in [0.1, 0.15) is 0 Å². The summed E-state index contributed by atoms with van der Waals surface area (Å²) in [5, 5.41) is 3.26. The number of halogens is 4. The predicted molar refractivity (Wildman–Crippen MR) is 104 cm³/mol. The molecular weight excluding hydrogens is 391 g/mol. The summed E-state index contributed by atoms with van der Waals surface area (Å²) >= 11 is 6.04. The van der Waals surface area contributed by atoms with Crippen LogP contribution in [0.1, 0.15) is 12.0 Å². The number of anilines is 2. The van der Waals surface area contributed by atoms with Crippen molar-refractivity contribution in [3.05, 3.63) is 59.1 Å². The average molecular weight is 413 g/mol. The number of alkyl halides is 3. The number of quaternary nitrogens is 1. The van der Waals surface area contributed by atoms with Gasteiger partial charge in [-0.3, -0.25) is 4.79 Å². The minimum Gasteiger partial charge on any atom is -0.360 e. The molecule has 8 heteroatoms. The van der Waals surface area contributed by atoms with E-state index in [-0.39, 0.29) is 18.0 Å². The number of hydrogen-bond donors (Lipinski definition) is 2. The summed E-state index contributed by atoms with van der Waals surface area (Å²) < 4.78 is 38.2. The minimum absolute atomic E-state index is 0.167. The highest BCUT2D eigenvalue weighted by Crippen LogP contribution is 2.30. The van der Waals surface area contributed by atoms with Gasteiger partial charge in [0.05, 0.1) is 44.7 Å². The number of carbonyl (C=O) groups excluding carboxylic acids is 1. The van der Waals surface area contributed by atoms with Crippen LogP contribution in [0.5, 0.6) is 0 Å². The second-order valence-electron chi connectivity index (χ2n) is 6.84. The Bertz CT molecular complexity index is 820. The zero-order valence-electron chi connectivity index (χ0n) is 15.2. The van der Waals surface area contributed by atoms with Crippen LogP contribution < -0.4 is 15.1 Å². The van der Waals surface area contributed by atoms with Gasteiger partial charge in [-0.2, -0.15) is 13.2 Å². The smallest absolute Gasteiger partial charge is 0.360 e. The number of nitrogens with zero attached hydrogens (tertiary/aromatic N) is 1. The van der Waals surface area contributed by atoms with E-state index in [9.17, 15) is 18.0 Å². The lowest BCUT2D eigenvalue weighted by Crippen LogP contribution is -3.15. The highest BCUT2D eigenvalue weighted by Gasteiger charge is 2.30. The van der Waals surface area contributed by atoms with E-state index in [1.807, 2.05) is 24.3 Å². The first kappa shape index (κ1) is 20.5. The summed E-state index contributed by atoms with van der Waals surface area (Å²) in [5.41, 5.74) is 0.488. The number of hydrogen-bond acceptors (Lipinski definition) is 2. The summed E-state index contributed by atoms with van der Waals surface area (Å²) in [4.78, 5) is 15.7. The number of nitrogens with one attached hydrogen (secondary N) is 2. The normalized spacial score (nSPS) is 15.5. The third kappa shape index (κ3) is 5.62. The maximum absolute atomic E-state index is 12.7. The second kappa shape index (κ2) is 8.84. The fourth-order valence-corrected chi connectivity index (χ4v) is 3.48. The molecule has 1 saturated heterocycles. The van der Waals surface area contributed by atoms with Crippen molar-refractivity contribution in [2.75, 3.05) is 42.9 Å². The molecular formula is C20H22ClF3N3O+. The van der Waals surface area contributed by atoms with Crippen molar-refractivity contribution in [1.29, 1.82) is 0 Å². The van der Waals surface area contributed by atoms with Gasteiger partial charge in [-0.05, 0) is 36.4 Å². The summed E-state index contributed by atoms with van der Waals surface area (Å²) in [6, 6.07) is 12.4. The number of carbonyl (C=O) groups is 1. The molecule has 0 aliphatic carbocycles. The van der Waals surface area contributed by atoms with Gasteiger partial charge >= 0.3 is 6.18 Å². The Morgan fingerprint density at radius 1 is 1.11 bits per heavy atom. The summed E-state index contributed by atoms with van der Waals surface area (Å²) in [6.07, 6.45) is -4.16. The van der Waals surface area contributed by atoms with E-state index >= 15 is 0 Å². The zero-order valence-corrected chi connectivity index (χ0v) is 16.0. The van der Waals surface area contributed by atoms with Crippen LogP contribution in [-0.4, -0.2) is 38.6 Å². The molecule has 0 atom stereocenters. The molecule has 2 aromatic carbocycles. The number of piperazine rings is 1. The minimum atomic E-state index is -4.42. The van der Waals surface area contributed by atoms with Gasteiger partial charge in [0.25, 0.3) is 0 Å². The van der Waals surface area contributed by atoms with Gasteiger partial charge in [0.2, 0.25) is 5.91 Å².